The highest BCUT2D eigenvalue weighted by Crippen LogP contribution is 2.20. The molecule has 3 rings (SSSR count). The largest absolute Gasteiger partial charge is 0.376 e. The second kappa shape index (κ2) is 8.18. The second-order valence-electron chi connectivity index (χ2n) is 5.75. The van der Waals surface area contributed by atoms with E-state index in [1.807, 2.05) is 60.7 Å². The number of ether oxygens (including phenoxy) is 1. The van der Waals surface area contributed by atoms with Crippen LogP contribution in [0.3, 0.4) is 0 Å². The van der Waals surface area contributed by atoms with E-state index in [1.165, 1.54) is 0 Å². The first-order valence-electron chi connectivity index (χ1n) is 8.17. The maximum absolute atomic E-state index is 12.4. The fourth-order valence-electron chi connectivity index (χ4n) is 2.63. The standard InChI is InChI=1S/C21H18N2O2/c22-14-18(20-11-10-17-8-4-5-9-19(17)23-20)21(24)12-13-25-15-16-6-2-1-3-7-16/h1-11,18H,12-13,15H2/t18-/m1/s1. The van der Waals surface area contributed by atoms with Crippen LogP contribution < -0.4 is 0 Å². The first kappa shape index (κ1) is 16.8. The van der Waals surface area contributed by atoms with Crippen molar-refractivity contribution in [1.29, 1.82) is 5.26 Å². The van der Waals surface area contributed by atoms with Crippen molar-refractivity contribution in [3.63, 3.8) is 0 Å². The number of carbonyl (C=O) groups excluding carboxylic acids is 1. The lowest BCUT2D eigenvalue weighted by Gasteiger charge is -2.09. The molecule has 1 atom stereocenters. The van der Waals surface area contributed by atoms with Crippen LogP contribution in [-0.4, -0.2) is 17.4 Å². The first-order valence-corrected chi connectivity index (χ1v) is 8.17. The number of para-hydroxylation sites is 1. The van der Waals surface area contributed by atoms with Crippen molar-refractivity contribution in [2.24, 2.45) is 0 Å². The van der Waals surface area contributed by atoms with Crippen LogP contribution in [0, 0.1) is 11.3 Å². The molecule has 2 aromatic carbocycles. The number of Topliss-reactive ketones (excluding diaryl/α,β-unsaturated/α-hetero) is 1. The fourth-order valence-corrected chi connectivity index (χ4v) is 2.63. The number of aromatic nitrogens is 1. The normalized spacial score (nSPS) is 11.8. The molecule has 25 heavy (non-hydrogen) atoms. The third-order valence-electron chi connectivity index (χ3n) is 3.97. The lowest BCUT2D eigenvalue weighted by atomic mass is 9.98. The topological polar surface area (TPSA) is 63.0 Å². The van der Waals surface area contributed by atoms with Crippen molar-refractivity contribution in [3.05, 3.63) is 78.0 Å². The Balaban J connectivity index is 1.59. The molecular weight excluding hydrogens is 312 g/mol. The van der Waals surface area contributed by atoms with Crippen LogP contribution in [-0.2, 0) is 16.1 Å². The van der Waals surface area contributed by atoms with Gasteiger partial charge in [0.1, 0.15) is 5.92 Å². The van der Waals surface area contributed by atoms with Gasteiger partial charge in [-0.1, -0.05) is 54.6 Å². The summed E-state index contributed by atoms with van der Waals surface area (Å²) >= 11 is 0. The number of carbonyl (C=O) groups is 1. The minimum absolute atomic E-state index is 0.168. The molecule has 0 spiro atoms. The third-order valence-corrected chi connectivity index (χ3v) is 3.97. The molecule has 0 saturated heterocycles. The zero-order valence-corrected chi connectivity index (χ0v) is 13.8. The fraction of sp³-hybridized carbons (Fsp3) is 0.190. The third kappa shape index (κ3) is 4.28. The SMILES string of the molecule is N#C[C@@H](C(=O)CCOCc1ccccc1)c1ccc2ccccc2n1. The Morgan fingerprint density at radius 3 is 2.60 bits per heavy atom. The van der Waals surface area contributed by atoms with Gasteiger partial charge in [-0.05, 0) is 17.7 Å². The van der Waals surface area contributed by atoms with Crippen LogP contribution in [0.15, 0.2) is 66.7 Å². The Bertz CT molecular complexity index is 900. The van der Waals surface area contributed by atoms with Crippen LogP contribution in [0.2, 0.25) is 0 Å². The van der Waals surface area contributed by atoms with Crippen LogP contribution in [0.1, 0.15) is 23.6 Å². The average molecular weight is 330 g/mol. The molecule has 1 aromatic heterocycles. The van der Waals surface area contributed by atoms with Gasteiger partial charge in [0.05, 0.1) is 30.5 Å². The molecule has 0 aliphatic carbocycles. The summed E-state index contributed by atoms with van der Waals surface area (Å²) in [7, 11) is 0. The van der Waals surface area contributed by atoms with Crippen LogP contribution in [0.4, 0.5) is 0 Å². The summed E-state index contributed by atoms with van der Waals surface area (Å²) < 4.78 is 5.54. The van der Waals surface area contributed by atoms with Gasteiger partial charge in [-0.25, -0.2) is 0 Å². The van der Waals surface area contributed by atoms with Gasteiger partial charge in [-0.15, -0.1) is 0 Å². The molecule has 4 nitrogen and oxygen atoms in total. The van der Waals surface area contributed by atoms with Gasteiger partial charge < -0.3 is 4.74 Å². The quantitative estimate of drug-likeness (QED) is 0.614. The van der Waals surface area contributed by atoms with E-state index in [-0.39, 0.29) is 12.2 Å². The Hall–Kier alpha value is -3.03. The highest BCUT2D eigenvalue weighted by Gasteiger charge is 2.21. The monoisotopic (exact) mass is 330 g/mol. The molecule has 0 aliphatic heterocycles. The first-order chi connectivity index (χ1) is 12.3. The minimum atomic E-state index is -0.857. The summed E-state index contributed by atoms with van der Waals surface area (Å²) in [5, 5.41) is 10.4. The van der Waals surface area contributed by atoms with E-state index < -0.39 is 5.92 Å². The molecule has 124 valence electrons. The van der Waals surface area contributed by atoms with Gasteiger partial charge in [0, 0.05) is 11.8 Å². The molecule has 0 saturated carbocycles. The summed E-state index contributed by atoms with van der Waals surface area (Å²) in [6.07, 6.45) is 0.194. The highest BCUT2D eigenvalue weighted by molar-refractivity contribution is 5.89. The number of ketones is 1. The summed E-state index contributed by atoms with van der Waals surface area (Å²) in [4.78, 5) is 16.8. The molecule has 0 amide bonds. The number of pyridine rings is 1. The summed E-state index contributed by atoms with van der Waals surface area (Å²) in [5.74, 6) is -1.02. The number of hydrogen-bond donors (Lipinski definition) is 0. The molecule has 0 N–H and O–H groups in total. The van der Waals surface area contributed by atoms with E-state index in [2.05, 4.69) is 11.1 Å². The molecular formula is C21H18N2O2. The summed E-state index contributed by atoms with van der Waals surface area (Å²) in [6, 6.07) is 23.1. The lowest BCUT2D eigenvalue weighted by Crippen LogP contribution is -2.14. The molecule has 0 bridgehead atoms. The Morgan fingerprint density at radius 1 is 1.04 bits per heavy atom. The summed E-state index contributed by atoms with van der Waals surface area (Å²) in [5.41, 5.74) is 2.34. The van der Waals surface area contributed by atoms with Gasteiger partial charge in [0.15, 0.2) is 5.78 Å². The van der Waals surface area contributed by atoms with E-state index in [9.17, 15) is 10.1 Å². The predicted molar refractivity (Wildman–Crippen MR) is 95.8 cm³/mol. The van der Waals surface area contributed by atoms with Crippen LogP contribution >= 0.6 is 0 Å². The Labute approximate surface area is 146 Å². The Kier molecular flexibility index (Phi) is 5.50. The van der Waals surface area contributed by atoms with Crippen LogP contribution in [0.25, 0.3) is 10.9 Å². The van der Waals surface area contributed by atoms with Gasteiger partial charge in [0.2, 0.25) is 0 Å². The zero-order chi connectivity index (χ0) is 17.5. The molecule has 0 radical (unpaired) electrons. The van der Waals surface area contributed by atoms with E-state index in [0.717, 1.165) is 16.5 Å². The molecule has 0 fully saturated rings. The maximum atomic E-state index is 12.4. The van der Waals surface area contributed by atoms with Gasteiger partial charge in [-0.3, -0.25) is 9.78 Å². The van der Waals surface area contributed by atoms with Gasteiger partial charge >= 0.3 is 0 Å². The van der Waals surface area contributed by atoms with Crippen molar-refractivity contribution >= 4 is 16.7 Å². The van der Waals surface area contributed by atoms with Crippen LogP contribution in [0.5, 0.6) is 0 Å². The molecule has 1 heterocycles. The number of nitriles is 1. The second-order valence-corrected chi connectivity index (χ2v) is 5.75. The maximum Gasteiger partial charge on any atom is 0.158 e. The van der Waals surface area contributed by atoms with Gasteiger partial charge in [-0.2, -0.15) is 5.26 Å². The van der Waals surface area contributed by atoms with Crippen molar-refractivity contribution in [1.82, 2.24) is 4.98 Å². The number of benzene rings is 2. The lowest BCUT2D eigenvalue weighted by molar-refractivity contribution is -0.120. The number of fused-ring (bicyclic) bond motifs is 1. The smallest absolute Gasteiger partial charge is 0.158 e. The summed E-state index contributed by atoms with van der Waals surface area (Å²) in [6.45, 7) is 0.749. The van der Waals surface area contributed by atoms with Gasteiger partial charge in [0.25, 0.3) is 0 Å². The molecule has 3 aromatic rings. The molecule has 0 aliphatic rings. The highest BCUT2D eigenvalue weighted by atomic mass is 16.5. The molecule has 0 unspecified atom stereocenters. The van der Waals surface area contributed by atoms with E-state index in [1.54, 1.807) is 6.07 Å². The number of nitrogens with zero attached hydrogens (tertiary/aromatic N) is 2. The number of hydrogen-bond acceptors (Lipinski definition) is 4. The van der Waals surface area contributed by atoms with Crippen molar-refractivity contribution in [2.45, 2.75) is 18.9 Å². The Morgan fingerprint density at radius 2 is 1.80 bits per heavy atom. The average Bonchev–Trinajstić information content (AvgIpc) is 2.66. The van der Waals surface area contributed by atoms with Crippen molar-refractivity contribution in [2.75, 3.05) is 6.61 Å². The molecule has 4 heteroatoms. The van der Waals surface area contributed by atoms with Crippen molar-refractivity contribution in [3.8, 4) is 6.07 Å². The van der Waals surface area contributed by atoms with E-state index in [0.29, 0.717) is 18.9 Å². The predicted octanol–water partition coefficient (Wildman–Crippen LogP) is 4.02. The minimum Gasteiger partial charge on any atom is -0.376 e. The number of rotatable bonds is 7. The zero-order valence-electron chi connectivity index (χ0n) is 13.8. The van der Waals surface area contributed by atoms with E-state index in [4.69, 9.17) is 4.74 Å². The van der Waals surface area contributed by atoms with E-state index >= 15 is 0 Å². The van der Waals surface area contributed by atoms with Crippen molar-refractivity contribution < 1.29 is 9.53 Å².